The van der Waals surface area contributed by atoms with Crippen LogP contribution in [0.1, 0.15) is 18.4 Å². The maximum atomic E-state index is 12.7. The van der Waals surface area contributed by atoms with Gasteiger partial charge in [0.15, 0.2) is 5.82 Å². The monoisotopic (exact) mass is 398 g/mol. The largest absolute Gasteiger partial charge is 0.481 e. The highest BCUT2D eigenvalue weighted by molar-refractivity contribution is 5.92. The molecule has 0 aliphatic carbocycles. The Bertz CT molecular complexity index is 809. The van der Waals surface area contributed by atoms with E-state index in [0.717, 1.165) is 5.56 Å². The number of benzene rings is 1. The van der Waals surface area contributed by atoms with Crippen molar-refractivity contribution in [2.45, 2.75) is 25.3 Å². The molecule has 0 saturated carbocycles. The van der Waals surface area contributed by atoms with Gasteiger partial charge in [-0.2, -0.15) is 0 Å². The number of hydrogen-bond donors (Lipinski definition) is 3. The van der Waals surface area contributed by atoms with E-state index in [0.29, 0.717) is 50.7 Å². The van der Waals surface area contributed by atoms with E-state index < -0.39 is 5.97 Å². The normalized spacial score (nSPS) is 14.8. The third kappa shape index (κ3) is 6.46. The second-order valence-corrected chi connectivity index (χ2v) is 6.89. The Morgan fingerprint density at radius 1 is 1.14 bits per heavy atom. The molecule has 2 aromatic rings. The fraction of sp³-hybridized carbons (Fsp3) is 0.381. The number of morpholine rings is 1. The first-order valence-corrected chi connectivity index (χ1v) is 9.73. The number of nitrogens with one attached hydrogen (secondary N) is 2. The number of urea groups is 1. The predicted molar refractivity (Wildman–Crippen MR) is 110 cm³/mol. The molecule has 8 nitrogen and oxygen atoms in total. The predicted octanol–water partition coefficient (Wildman–Crippen LogP) is 2.52. The van der Waals surface area contributed by atoms with Gasteiger partial charge in [-0.15, -0.1) is 0 Å². The van der Waals surface area contributed by atoms with Gasteiger partial charge in [0, 0.05) is 31.7 Å². The van der Waals surface area contributed by atoms with E-state index in [2.05, 4.69) is 20.5 Å². The smallest absolute Gasteiger partial charge is 0.319 e. The minimum atomic E-state index is -0.882. The van der Waals surface area contributed by atoms with E-state index in [1.807, 2.05) is 30.3 Å². The Labute approximate surface area is 169 Å². The average molecular weight is 398 g/mol. The highest BCUT2D eigenvalue weighted by atomic mass is 16.5. The molecule has 1 aromatic heterocycles. The number of hydrogen-bond acceptors (Lipinski definition) is 5. The summed E-state index contributed by atoms with van der Waals surface area (Å²) < 4.78 is 5.38. The molecule has 2 amide bonds. The molecule has 3 rings (SSSR count). The van der Waals surface area contributed by atoms with Crippen LogP contribution in [-0.2, 0) is 16.0 Å². The van der Waals surface area contributed by atoms with Crippen LogP contribution in [0.15, 0.2) is 48.7 Å². The van der Waals surface area contributed by atoms with Gasteiger partial charge in [0.05, 0.1) is 18.9 Å². The van der Waals surface area contributed by atoms with Crippen LogP contribution in [0, 0.1) is 0 Å². The lowest BCUT2D eigenvalue weighted by Gasteiger charge is -2.29. The molecule has 1 unspecified atom stereocenters. The van der Waals surface area contributed by atoms with E-state index in [1.54, 1.807) is 18.3 Å². The van der Waals surface area contributed by atoms with Gasteiger partial charge in [-0.1, -0.05) is 30.3 Å². The summed E-state index contributed by atoms with van der Waals surface area (Å²) >= 11 is 0. The first-order chi connectivity index (χ1) is 14.1. The number of carboxylic acid groups (broad SMARTS) is 1. The Kier molecular flexibility index (Phi) is 7.40. The van der Waals surface area contributed by atoms with Gasteiger partial charge >= 0.3 is 12.0 Å². The Balaban J connectivity index is 1.65. The van der Waals surface area contributed by atoms with Crippen LogP contribution in [0.25, 0.3) is 0 Å². The van der Waals surface area contributed by atoms with Crippen LogP contribution < -0.4 is 15.5 Å². The number of aliphatic carboxylic acids is 1. The first-order valence-electron chi connectivity index (χ1n) is 9.73. The van der Waals surface area contributed by atoms with Gasteiger partial charge in [-0.3, -0.25) is 4.79 Å². The molecule has 3 N–H and O–H groups in total. The number of carboxylic acids is 1. The molecule has 1 aliphatic heterocycles. The average Bonchev–Trinajstić information content (AvgIpc) is 2.74. The lowest BCUT2D eigenvalue weighted by atomic mass is 10.0. The second kappa shape index (κ2) is 10.4. The summed E-state index contributed by atoms with van der Waals surface area (Å²) in [6, 6.07) is 12.6. The van der Waals surface area contributed by atoms with E-state index in [1.165, 1.54) is 0 Å². The summed E-state index contributed by atoms with van der Waals surface area (Å²) in [6.45, 7) is 2.66. The highest BCUT2D eigenvalue weighted by Crippen LogP contribution is 2.23. The number of amides is 2. The van der Waals surface area contributed by atoms with E-state index in [4.69, 9.17) is 9.84 Å². The number of aromatic nitrogens is 1. The number of anilines is 2. The maximum absolute atomic E-state index is 12.7. The number of carbonyl (C=O) groups excluding carboxylic acids is 1. The van der Waals surface area contributed by atoms with Crippen molar-refractivity contribution in [2.75, 3.05) is 36.5 Å². The molecule has 1 aromatic carbocycles. The van der Waals surface area contributed by atoms with E-state index in [9.17, 15) is 9.59 Å². The zero-order valence-electron chi connectivity index (χ0n) is 16.2. The van der Waals surface area contributed by atoms with Crippen LogP contribution >= 0.6 is 0 Å². The molecular formula is C21H26N4O4. The van der Waals surface area contributed by atoms with Crippen molar-refractivity contribution in [1.82, 2.24) is 10.3 Å². The standard InChI is InChI=1S/C21H26N4O4/c26-19(27)9-8-17(15-16-5-2-1-3-6-16)23-21(28)24-18-7-4-10-22-20(18)25-11-13-29-14-12-25/h1-7,10,17H,8-9,11-15H2,(H,26,27)(H2,23,24,28). The second-order valence-electron chi connectivity index (χ2n) is 6.89. The van der Waals surface area contributed by atoms with Crippen LogP contribution in [-0.4, -0.2) is 54.4 Å². The molecule has 1 saturated heterocycles. The van der Waals surface area contributed by atoms with E-state index in [-0.39, 0.29) is 18.5 Å². The Morgan fingerprint density at radius 3 is 2.62 bits per heavy atom. The number of nitrogens with zero attached hydrogens (tertiary/aromatic N) is 2. The molecule has 1 aliphatic rings. The van der Waals surface area contributed by atoms with Crippen molar-refractivity contribution in [3.05, 3.63) is 54.2 Å². The highest BCUT2D eigenvalue weighted by Gasteiger charge is 2.19. The van der Waals surface area contributed by atoms with Gasteiger partial charge in [-0.05, 0) is 30.5 Å². The van der Waals surface area contributed by atoms with Gasteiger partial charge in [0.2, 0.25) is 0 Å². The number of rotatable bonds is 8. The van der Waals surface area contributed by atoms with Gasteiger partial charge < -0.3 is 25.4 Å². The first kappa shape index (κ1) is 20.6. The molecule has 1 fully saturated rings. The summed E-state index contributed by atoms with van der Waals surface area (Å²) in [5.41, 5.74) is 1.65. The van der Waals surface area contributed by atoms with Crippen molar-refractivity contribution in [1.29, 1.82) is 0 Å². The van der Waals surface area contributed by atoms with Crippen LogP contribution in [0.3, 0.4) is 0 Å². The van der Waals surface area contributed by atoms with Crippen molar-refractivity contribution < 1.29 is 19.4 Å². The van der Waals surface area contributed by atoms with Crippen molar-refractivity contribution in [3.8, 4) is 0 Å². The summed E-state index contributed by atoms with van der Waals surface area (Å²) in [4.78, 5) is 30.1. The van der Waals surface area contributed by atoms with Crippen LogP contribution in [0.4, 0.5) is 16.3 Å². The van der Waals surface area contributed by atoms with Crippen LogP contribution in [0.5, 0.6) is 0 Å². The van der Waals surface area contributed by atoms with Gasteiger partial charge in [0.1, 0.15) is 0 Å². The molecule has 29 heavy (non-hydrogen) atoms. The van der Waals surface area contributed by atoms with Crippen molar-refractivity contribution in [3.63, 3.8) is 0 Å². The Morgan fingerprint density at radius 2 is 1.90 bits per heavy atom. The molecule has 1 atom stereocenters. The molecular weight excluding hydrogens is 372 g/mol. The number of ether oxygens (including phenoxy) is 1. The third-order valence-corrected chi connectivity index (χ3v) is 4.71. The lowest BCUT2D eigenvalue weighted by molar-refractivity contribution is -0.137. The number of carbonyl (C=O) groups is 2. The molecule has 0 spiro atoms. The summed E-state index contributed by atoms with van der Waals surface area (Å²) in [7, 11) is 0. The van der Waals surface area contributed by atoms with Gasteiger partial charge in [-0.25, -0.2) is 9.78 Å². The zero-order chi connectivity index (χ0) is 20.5. The molecule has 0 radical (unpaired) electrons. The molecule has 2 heterocycles. The zero-order valence-corrected chi connectivity index (χ0v) is 16.2. The summed E-state index contributed by atoms with van der Waals surface area (Å²) in [5, 5.41) is 14.8. The summed E-state index contributed by atoms with van der Waals surface area (Å²) in [6.07, 6.45) is 2.59. The molecule has 0 bridgehead atoms. The van der Waals surface area contributed by atoms with Gasteiger partial charge in [0.25, 0.3) is 0 Å². The maximum Gasteiger partial charge on any atom is 0.319 e. The minimum Gasteiger partial charge on any atom is -0.481 e. The lowest BCUT2D eigenvalue weighted by Crippen LogP contribution is -2.41. The molecule has 8 heteroatoms. The minimum absolute atomic E-state index is 0.0102. The van der Waals surface area contributed by atoms with Crippen LogP contribution in [0.2, 0.25) is 0 Å². The molecule has 154 valence electrons. The fourth-order valence-corrected chi connectivity index (χ4v) is 3.29. The fourth-order valence-electron chi connectivity index (χ4n) is 3.29. The SMILES string of the molecule is O=C(O)CCC(Cc1ccccc1)NC(=O)Nc1cccnc1N1CCOCC1. The van der Waals surface area contributed by atoms with Crippen molar-refractivity contribution >= 4 is 23.5 Å². The quantitative estimate of drug-likeness (QED) is 0.631. The third-order valence-electron chi connectivity index (χ3n) is 4.71. The van der Waals surface area contributed by atoms with E-state index >= 15 is 0 Å². The number of pyridine rings is 1. The topological polar surface area (TPSA) is 104 Å². The Hall–Kier alpha value is -3.13. The summed E-state index contributed by atoms with van der Waals surface area (Å²) in [5.74, 6) is -0.178. The van der Waals surface area contributed by atoms with Crippen molar-refractivity contribution in [2.24, 2.45) is 0 Å².